The molecular weight excluding hydrogens is 200 g/mol. The van der Waals surface area contributed by atoms with Crippen LogP contribution < -0.4 is 0 Å². The van der Waals surface area contributed by atoms with Crippen molar-refractivity contribution >= 4 is 23.4 Å². The Morgan fingerprint density at radius 2 is 1.69 bits per heavy atom. The molecular formula is C11H15ClS. The van der Waals surface area contributed by atoms with Gasteiger partial charge in [-0.05, 0) is 31.9 Å². The molecule has 13 heavy (non-hydrogen) atoms. The second-order valence-corrected chi connectivity index (χ2v) is 4.75. The van der Waals surface area contributed by atoms with E-state index in [4.69, 9.17) is 11.6 Å². The van der Waals surface area contributed by atoms with Gasteiger partial charge in [0.2, 0.25) is 0 Å². The lowest BCUT2D eigenvalue weighted by Gasteiger charge is -2.09. The van der Waals surface area contributed by atoms with Crippen molar-refractivity contribution in [3.05, 3.63) is 28.8 Å². The number of hydrogen-bond acceptors (Lipinski definition) is 1. The van der Waals surface area contributed by atoms with E-state index in [1.165, 1.54) is 21.6 Å². The van der Waals surface area contributed by atoms with Gasteiger partial charge in [-0.25, -0.2) is 0 Å². The summed E-state index contributed by atoms with van der Waals surface area (Å²) in [4.78, 5) is 1.39. The molecule has 0 aliphatic carbocycles. The molecule has 0 aliphatic rings. The Bertz CT molecular complexity index is 271. The number of halogens is 1. The van der Waals surface area contributed by atoms with Crippen LogP contribution >= 0.6 is 23.4 Å². The van der Waals surface area contributed by atoms with Gasteiger partial charge in [-0.1, -0.05) is 17.7 Å². The maximum absolute atomic E-state index is 5.67. The summed E-state index contributed by atoms with van der Waals surface area (Å²) >= 11 is 7.52. The van der Waals surface area contributed by atoms with Crippen molar-refractivity contribution in [2.45, 2.75) is 25.7 Å². The average Bonchev–Trinajstić information content (AvgIpc) is 2.02. The van der Waals surface area contributed by atoms with Gasteiger partial charge in [-0.3, -0.25) is 0 Å². The monoisotopic (exact) mass is 214 g/mol. The topological polar surface area (TPSA) is 0 Å². The van der Waals surface area contributed by atoms with E-state index >= 15 is 0 Å². The van der Waals surface area contributed by atoms with Crippen LogP contribution in [-0.4, -0.2) is 11.6 Å². The van der Waals surface area contributed by atoms with Crippen LogP contribution in [0.5, 0.6) is 0 Å². The third-order valence-electron chi connectivity index (χ3n) is 1.93. The Morgan fingerprint density at radius 1 is 1.15 bits per heavy atom. The third kappa shape index (κ3) is 2.92. The molecule has 0 saturated carbocycles. The Labute approximate surface area is 89.7 Å². The Balaban J connectivity index is 2.92. The zero-order valence-corrected chi connectivity index (χ0v) is 9.93. The average molecular weight is 215 g/mol. The highest BCUT2D eigenvalue weighted by molar-refractivity contribution is 7.99. The zero-order chi connectivity index (χ0) is 9.84. The fourth-order valence-corrected chi connectivity index (χ4v) is 2.62. The van der Waals surface area contributed by atoms with Crippen LogP contribution in [0.25, 0.3) is 0 Å². The van der Waals surface area contributed by atoms with Gasteiger partial charge >= 0.3 is 0 Å². The van der Waals surface area contributed by atoms with E-state index in [0.717, 1.165) is 11.6 Å². The minimum absolute atomic E-state index is 0.720. The molecule has 0 heterocycles. The lowest BCUT2D eigenvalue weighted by Crippen LogP contribution is -1.89. The van der Waals surface area contributed by atoms with Gasteiger partial charge in [-0.15, -0.1) is 23.4 Å². The molecule has 72 valence electrons. The highest BCUT2D eigenvalue weighted by Crippen LogP contribution is 2.27. The first kappa shape index (κ1) is 10.9. The minimum atomic E-state index is 0.720. The maximum Gasteiger partial charge on any atom is 0.0317 e. The second-order valence-electron chi connectivity index (χ2n) is 3.27. The van der Waals surface area contributed by atoms with Crippen molar-refractivity contribution in [1.29, 1.82) is 0 Å². The van der Waals surface area contributed by atoms with Crippen LogP contribution in [0.3, 0.4) is 0 Å². The Kier molecular flexibility index (Phi) is 4.14. The molecule has 0 atom stereocenters. The molecule has 0 unspecified atom stereocenters. The predicted octanol–water partition coefficient (Wildman–Crippen LogP) is 3.94. The van der Waals surface area contributed by atoms with E-state index < -0.39 is 0 Å². The van der Waals surface area contributed by atoms with Gasteiger partial charge in [0.05, 0.1) is 0 Å². The van der Waals surface area contributed by atoms with Crippen molar-refractivity contribution in [2.24, 2.45) is 0 Å². The molecule has 0 spiro atoms. The molecule has 0 fully saturated rings. The largest absolute Gasteiger partial charge is 0.126 e. The molecule has 0 bridgehead atoms. The molecule has 1 aromatic carbocycles. The number of hydrogen-bond donors (Lipinski definition) is 0. The first-order chi connectivity index (χ1) is 6.15. The summed E-state index contributed by atoms with van der Waals surface area (Å²) in [7, 11) is 0. The summed E-state index contributed by atoms with van der Waals surface area (Å²) in [6.45, 7) is 6.46. The highest BCUT2D eigenvalue weighted by atomic mass is 35.5. The van der Waals surface area contributed by atoms with Crippen LogP contribution in [0, 0.1) is 20.8 Å². The molecule has 0 saturated heterocycles. The summed E-state index contributed by atoms with van der Waals surface area (Å²) in [5, 5.41) is 0. The quantitative estimate of drug-likeness (QED) is 0.543. The number of aryl methyl sites for hydroxylation is 3. The van der Waals surface area contributed by atoms with E-state index in [0.29, 0.717) is 0 Å². The SMILES string of the molecule is Cc1cc(C)c(SCCCl)c(C)c1. The summed E-state index contributed by atoms with van der Waals surface area (Å²) in [6.07, 6.45) is 0. The normalized spacial score (nSPS) is 10.5. The molecule has 0 amide bonds. The van der Waals surface area contributed by atoms with Crippen molar-refractivity contribution in [2.75, 3.05) is 11.6 Å². The van der Waals surface area contributed by atoms with E-state index in [2.05, 4.69) is 32.9 Å². The van der Waals surface area contributed by atoms with Crippen LogP contribution in [0.1, 0.15) is 16.7 Å². The summed E-state index contributed by atoms with van der Waals surface area (Å²) in [5.74, 6) is 1.71. The Hall–Kier alpha value is -0.140. The molecule has 1 rings (SSSR count). The third-order valence-corrected chi connectivity index (χ3v) is 3.68. The fraction of sp³-hybridized carbons (Fsp3) is 0.455. The smallest absolute Gasteiger partial charge is 0.0317 e. The molecule has 0 N–H and O–H groups in total. The maximum atomic E-state index is 5.67. The first-order valence-corrected chi connectivity index (χ1v) is 5.93. The van der Waals surface area contributed by atoms with E-state index in [1.807, 2.05) is 11.8 Å². The van der Waals surface area contributed by atoms with Crippen molar-refractivity contribution in [1.82, 2.24) is 0 Å². The highest BCUT2D eigenvalue weighted by Gasteiger charge is 2.03. The number of alkyl halides is 1. The summed E-state index contributed by atoms with van der Waals surface area (Å²) in [6, 6.07) is 4.45. The van der Waals surface area contributed by atoms with Gasteiger partial charge in [-0.2, -0.15) is 0 Å². The zero-order valence-electron chi connectivity index (χ0n) is 8.36. The second kappa shape index (κ2) is 4.92. The van der Waals surface area contributed by atoms with Crippen LogP contribution in [-0.2, 0) is 0 Å². The van der Waals surface area contributed by atoms with Gasteiger partial charge in [0, 0.05) is 16.5 Å². The van der Waals surface area contributed by atoms with Gasteiger partial charge in [0.25, 0.3) is 0 Å². The van der Waals surface area contributed by atoms with Crippen molar-refractivity contribution < 1.29 is 0 Å². The summed E-state index contributed by atoms with van der Waals surface area (Å²) in [5.41, 5.74) is 4.07. The predicted molar refractivity (Wildman–Crippen MR) is 62.1 cm³/mol. The van der Waals surface area contributed by atoms with Crippen LogP contribution in [0.15, 0.2) is 17.0 Å². The molecule has 0 aliphatic heterocycles. The van der Waals surface area contributed by atoms with Gasteiger partial charge in [0.1, 0.15) is 0 Å². The minimum Gasteiger partial charge on any atom is -0.126 e. The number of thioether (sulfide) groups is 1. The lowest BCUT2D eigenvalue weighted by molar-refractivity contribution is 1.19. The van der Waals surface area contributed by atoms with Crippen LogP contribution in [0.4, 0.5) is 0 Å². The first-order valence-electron chi connectivity index (χ1n) is 4.41. The fourth-order valence-electron chi connectivity index (χ4n) is 1.54. The number of benzene rings is 1. The van der Waals surface area contributed by atoms with E-state index in [1.54, 1.807) is 0 Å². The van der Waals surface area contributed by atoms with Crippen LogP contribution in [0.2, 0.25) is 0 Å². The van der Waals surface area contributed by atoms with Crippen molar-refractivity contribution in [3.8, 4) is 0 Å². The molecule has 2 heteroatoms. The van der Waals surface area contributed by atoms with Crippen molar-refractivity contribution in [3.63, 3.8) is 0 Å². The summed E-state index contributed by atoms with van der Waals surface area (Å²) < 4.78 is 0. The Morgan fingerprint density at radius 3 is 2.15 bits per heavy atom. The molecule has 1 aromatic rings. The standard InChI is InChI=1S/C11H15ClS/c1-8-6-9(2)11(10(3)7-8)13-5-4-12/h6-7H,4-5H2,1-3H3. The number of rotatable bonds is 3. The molecule has 0 nitrogen and oxygen atoms in total. The van der Waals surface area contributed by atoms with E-state index in [9.17, 15) is 0 Å². The molecule has 0 aromatic heterocycles. The van der Waals surface area contributed by atoms with Gasteiger partial charge in [0.15, 0.2) is 0 Å². The van der Waals surface area contributed by atoms with Gasteiger partial charge < -0.3 is 0 Å². The van der Waals surface area contributed by atoms with E-state index in [-0.39, 0.29) is 0 Å². The molecule has 0 radical (unpaired) electrons. The lowest BCUT2D eigenvalue weighted by atomic mass is 10.1.